The van der Waals surface area contributed by atoms with E-state index in [1.54, 1.807) is 0 Å². The molecule has 0 fully saturated rings. The number of halogens is 2. The van der Waals surface area contributed by atoms with E-state index in [9.17, 15) is 13.6 Å². The molecule has 0 aromatic heterocycles. The van der Waals surface area contributed by atoms with Gasteiger partial charge in [-0.3, -0.25) is 4.79 Å². The average molecular weight is 227 g/mol. The van der Waals surface area contributed by atoms with Gasteiger partial charge in [-0.15, -0.1) is 0 Å². The Morgan fingerprint density at radius 1 is 1.31 bits per heavy atom. The highest BCUT2D eigenvalue weighted by atomic mass is 19.1. The molecule has 1 aromatic carbocycles. The lowest BCUT2D eigenvalue weighted by Crippen LogP contribution is -2.41. The SMILES string of the molecule is CC(C)(C)NC(=O)Cc1ccc(F)cc1F. The van der Waals surface area contributed by atoms with E-state index in [0.717, 1.165) is 12.1 Å². The summed E-state index contributed by atoms with van der Waals surface area (Å²) in [5.41, 5.74) is -0.156. The Morgan fingerprint density at radius 3 is 2.44 bits per heavy atom. The van der Waals surface area contributed by atoms with Gasteiger partial charge in [0.1, 0.15) is 11.6 Å². The molecule has 0 aliphatic heterocycles. The maximum atomic E-state index is 13.2. The van der Waals surface area contributed by atoms with E-state index >= 15 is 0 Å². The monoisotopic (exact) mass is 227 g/mol. The quantitative estimate of drug-likeness (QED) is 0.826. The van der Waals surface area contributed by atoms with E-state index in [4.69, 9.17) is 0 Å². The zero-order valence-corrected chi connectivity index (χ0v) is 9.60. The molecule has 0 unspecified atom stereocenters. The van der Waals surface area contributed by atoms with E-state index in [-0.39, 0.29) is 23.4 Å². The third-order valence-electron chi connectivity index (χ3n) is 1.88. The van der Waals surface area contributed by atoms with Gasteiger partial charge in [0, 0.05) is 11.6 Å². The molecule has 0 aliphatic carbocycles. The predicted molar refractivity (Wildman–Crippen MR) is 58.0 cm³/mol. The molecule has 1 aromatic rings. The predicted octanol–water partition coefficient (Wildman–Crippen LogP) is 2.42. The van der Waals surface area contributed by atoms with E-state index in [1.807, 2.05) is 20.8 Å². The molecular weight excluding hydrogens is 212 g/mol. The Bertz CT molecular complexity index is 396. The second-order valence-corrected chi connectivity index (χ2v) is 4.71. The Morgan fingerprint density at radius 2 is 1.94 bits per heavy atom. The summed E-state index contributed by atoms with van der Waals surface area (Å²) in [5.74, 6) is -1.61. The summed E-state index contributed by atoms with van der Waals surface area (Å²) in [6, 6.07) is 3.20. The standard InChI is InChI=1S/C12H15F2NO/c1-12(2,3)15-11(16)6-8-4-5-9(13)7-10(8)14/h4-5,7H,6H2,1-3H3,(H,15,16). The lowest BCUT2D eigenvalue weighted by atomic mass is 10.1. The highest BCUT2D eigenvalue weighted by Gasteiger charge is 2.15. The minimum Gasteiger partial charge on any atom is -0.351 e. The maximum absolute atomic E-state index is 13.2. The van der Waals surface area contributed by atoms with E-state index < -0.39 is 11.6 Å². The minimum absolute atomic E-state index is 0.0800. The van der Waals surface area contributed by atoms with Crippen LogP contribution in [0.1, 0.15) is 26.3 Å². The molecule has 88 valence electrons. The van der Waals surface area contributed by atoms with Crippen molar-refractivity contribution in [2.45, 2.75) is 32.7 Å². The van der Waals surface area contributed by atoms with Crippen LogP contribution >= 0.6 is 0 Å². The second kappa shape index (κ2) is 4.60. The van der Waals surface area contributed by atoms with Gasteiger partial charge < -0.3 is 5.32 Å². The third-order valence-corrected chi connectivity index (χ3v) is 1.88. The summed E-state index contributed by atoms with van der Waals surface area (Å²) in [4.78, 5) is 11.5. The lowest BCUT2D eigenvalue weighted by Gasteiger charge is -2.20. The fraction of sp³-hybridized carbons (Fsp3) is 0.417. The van der Waals surface area contributed by atoms with Crippen LogP contribution in [0.4, 0.5) is 8.78 Å². The minimum atomic E-state index is -0.691. The molecule has 0 saturated carbocycles. The van der Waals surface area contributed by atoms with Gasteiger partial charge in [0.25, 0.3) is 0 Å². The summed E-state index contributed by atoms with van der Waals surface area (Å²) in [7, 11) is 0. The zero-order chi connectivity index (χ0) is 12.3. The molecule has 0 heterocycles. The van der Waals surface area contributed by atoms with E-state index in [1.165, 1.54) is 6.07 Å². The summed E-state index contributed by atoms with van der Waals surface area (Å²) >= 11 is 0. The largest absolute Gasteiger partial charge is 0.351 e. The maximum Gasteiger partial charge on any atom is 0.224 e. The van der Waals surface area contributed by atoms with Gasteiger partial charge in [-0.2, -0.15) is 0 Å². The molecule has 16 heavy (non-hydrogen) atoms. The normalized spacial score (nSPS) is 11.3. The highest BCUT2D eigenvalue weighted by Crippen LogP contribution is 2.10. The van der Waals surface area contributed by atoms with Crippen molar-refractivity contribution in [1.29, 1.82) is 0 Å². The number of hydrogen-bond acceptors (Lipinski definition) is 1. The van der Waals surface area contributed by atoms with Crippen molar-refractivity contribution in [1.82, 2.24) is 5.32 Å². The molecule has 0 bridgehead atoms. The third kappa shape index (κ3) is 3.96. The number of carbonyl (C=O) groups is 1. The molecule has 4 heteroatoms. The number of benzene rings is 1. The van der Waals surface area contributed by atoms with Crippen molar-refractivity contribution in [2.24, 2.45) is 0 Å². The van der Waals surface area contributed by atoms with Crippen LogP contribution in [0.3, 0.4) is 0 Å². The number of amides is 1. The molecule has 1 amide bonds. The Hall–Kier alpha value is -1.45. The highest BCUT2D eigenvalue weighted by molar-refractivity contribution is 5.79. The second-order valence-electron chi connectivity index (χ2n) is 4.71. The number of hydrogen-bond donors (Lipinski definition) is 1. The molecule has 2 nitrogen and oxygen atoms in total. The molecule has 0 atom stereocenters. The molecule has 0 saturated heterocycles. The van der Waals surface area contributed by atoms with Crippen molar-refractivity contribution >= 4 is 5.91 Å². The molecular formula is C12H15F2NO. The number of rotatable bonds is 2. The fourth-order valence-corrected chi connectivity index (χ4v) is 1.30. The van der Waals surface area contributed by atoms with Gasteiger partial charge >= 0.3 is 0 Å². The van der Waals surface area contributed by atoms with Gasteiger partial charge in [-0.25, -0.2) is 8.78 Å². The van der Waals surface area contributed by atoms with E-state index in [2.05, 4.69) is 5.32 Å². The first-order chi connectivity index (χ1) is 7.28. The van der Waals surface area contributed by atoms with Crippen LogP contribution in [-0.2, 0) is 11.2 Å². The summed E-state index contributed by atoms with van der Waals surface area (Å²) in [5, 5.41) is 2.71. The molecule has 1 N–H and O–H groups in total. The van der Waals surface area contributed by atoms with Crippen LogP contribution in [0.25, 0.3) is 0 Å². The number of carbonyl (C=O) groups excluding carboxylic acids is 1. The van der Waals surface area contributed by atoms with Gasteiger partial charge in [-0.1, -0.05) is 6.07 Å². The summed E-state index contributed by atoms with van der Waals surface area (Å²) in [6.45, 7) is 5.52. The fourth-order valence-electron chi connectivity index (χ4n) is 1.30. The topological polar surface area (TPSA) is 29.1 Å². The van der Waals surface area contributed by atoms with Gasteiger partial charge in [0.05, 0.1) is 6.42 Å². The van der Waals surface area contributed by atoms with Crippen LogP contribution < -0.4 is 5.32 Å². The lowest BCUT2D eigenvalue weighted by molar-refractivity contribution is -0.121. The first-order valence-corrected chi connectivity index (χ1v) is 5.03. The molecule has 0 aliphatic rings. The average Bonchev–Trinajstić information content (AvgIpc) is 2.06. The zero-order valence-electron chi connectivity index (χ0n) is 9.60. The van der Waals surface area contributed by atoms with Gasteiger partial charge in [-0.05, 0) is 32.4 Å². The number of nitrogens with one attached hydrogen (secondary N) is 1. The Balaban J connectivity index is 2.70. The Labute approximate surface area is 93.7 Å². The first-order valence-electron chi connectivity index (χ1n) is 5.03. The van der Waals surface area contributed by atoms with Gasteiger partial charge in [0.2, 0.25) is 5.91 Å². The van der Waals surface area contributed by atoms with Crippen molar-refractivity contribution < 1.29 is 13.6 Å². The van der Waals surface area contributed by atoms with Crippen molar-refractivity contribution in [3.63, 3.8) is 0 Å². The van der Waals surface area contributed by atoms with Gasteiger partial charge in [0.15, 0.2) is 0 Å². The summed E-state index contributed by atoms with van der Waals surface area (Å²) in [6.07, 6.45) is -0.0800. The van der Waals surface area contributed by atoms with Crippen LogP contribution in [0, 0.1) is 11.6 Å². The summed E-state index contributed by atoms with van der Waals surface area (Å²) < 4.78 is 25.8. The van der Waals surface area contributed by atoms with Crippen molar-refractivity contribution in [2.75, 3.05) is 0 Å². The molecule has 0 radical (unpaired) electrons. The molecule has 0 spiro atoms. The van der Waals surface area contributed by atoms with Crippen LogP contribution in [0.2, 0.25) is 0 Å². The smallest absolute Gasteiger partial charge is 0.224 e. The van der Waals surface area contributed by atoms with Crippen LogP contribution in [0.5, 0.6) is 0 Å². The van der Waals surface area contributed by atoms with Crippen LogP contribution in [-0.4, -0.2) is 11.4 Å². The van der Waals surface area contributed by atoms with Crippen molar-refractivity contribution in [3.8, 4) is 0 Å². The van der Waals surface area contributed by atoms with E-state index in [0.29, 0.717) is 0 Å². The van der Waals surface area contributed by atoms with Crippen molar-refractivity contribution in [3.05, 3.63) is 35.4 Å². The van der Waals surface area contributed by atoms with Crippen LogP contribution in [0.15, 0.2) is 18.2 Å². The molecule has 1 rings (SSSR count). The first kappa shape index (κ1) is 12.6. The Kier molecular flexibility index (Phi) is 3.62.